The Hall–Kier alpha value is -2.43. The van der Waals surface area contributed by atoms with Gasteiger partial charge in [-0.05, 0) is 31.5 Å². The van der Waals surface area contributed by atoms with Crippen LogP contribution in [0.5, 0.6) is 0 Å². The van der Waals surface area contributed by atoms with Crippen molar-refractivity contribution in [3.63, 3.8) is 0 Å². The zero-order valence-electron chi connectivity index (χ0n) is 13.1. The van der Waals surface area contributed by atoms with Crippen LogP contribution in [0.15, 0.2) is 35.3 Å². The second-order valence-electron chi connectivity index (χ2n) is 5.16. The van der Waals surface area contributed by atoms with Gasteiger partial charge in [0.2, 0.25) is 5.91 Å². The highest BCUT2D eigenvalue weighted by molar-refractivity contribution is 8.15. The first-order valence-electron chi connectivity index (χ1n) is 7.17. The lowest BCUT2D eigenvalue weighted by atomic mass is 10.2. The van der Waals surface area contributed by atoms with E-state index in [2.05, 4.69) is 11.1 Å². The van der Waals surface area contributed by atoms with Crippen molar-refractivity contribution in [1.29, 1.82) is 5.26 Å². The maximum absolute atomic E-state index is 12.3. The number of carbonyl (C=O) groups excluding carboxylic acids is 2. The van der Waals surface area contributed by atoms with Crippen molar-refractivity contribution < 1.29 is 9.59 Å². The van der Waals surface area contributed by atoms with Crippen LogP contribution in [0.3, 0.4) is 0 Å². The summed E-state index contributed by atoms with van der Waals surface area (Å²) in [4.78, 5) is 31.1. The lowest BCUT2D eigenvalue weighted by Gasteiger charge is -2.14. The summed E-state index contributed by atoms with van der Waals surface area (Å²) in [6.45, 7) is 3.76. The van der Waals surface area contributed by atoms with Gasteiger partial charge in [-0.3, -0.25) is 9.59 Å². The van der Waals surface area contributed by atoms with Crippen LogP contribution >= 0.6 is 23.1 Å². The Labute approximate surface area is 147 Å². The van der Waals surface area contributed by atoms with Gasteiger partial charge in [-0.25, -0.2) is 4.90 Å². The van der Waals surface area contributed by atoms with Crippen LogP contribution in [0.25, 0.3) is 0 Å². The molecule has 2 amide bonds. The molecule has 1 saturated heterocycles. The van der Waals surface area contributed by atoms with E-state index < -0.39 is 5.91 Å². The number of benzene rings is 1. The van der Waals surface area contributed by atoms with E-state index in [9.17, 15) is 14.9 Å². The molecule has 2 aromatic rings. The molecule has 0 bridgehead atoms. The van der Waals surface area contributed by atoms with E-state index in [4.69, 9.17) is 0 Å². The maximum atomic E-state index is 12.3. The van der Waals surface area contributed by atoms with Crippen molar-refractivity contribution in [3.05, 3.63) is 51.9 Å². The number of rotatable bonds is 2. The Morgan fingerprint density at radius 2 is 2.00 bits per heavy atom. The topological polar surface area (TPSA) is 73.5 Å². The van der Waals surface area contributed by atoms with E-state index in [1.54, 1.807) is 24.3 Å². The number of anilines is 1. The average molecular weight is 355 g/mol. The summed E-state index contributed by atoms with van der Waals surface area (Å²) in [5.74, 6) is -0.361. The molecule has 0 N–H and O–H groups in total. The van der Waals surface area contributed by atoms with Crippen molar-refractivity contribution in [2.75, 3.05) is 10.7 Å². The molecule has 0 aliphatic carbocycles. The molecule has 120 valence electrons. The smallest absolute Gasteiger partial charge is 0.273 e. The molecular formula is C17H13N3O2S2. The summed E-state index contributed by atoms with van der Waals surface area (Å²) in [6.07, 6.45) is 0. The molecular weight excluding hydrogens is 342 g/mol. The van der Waals surface area contributed by atoms with Crippen LogP contribution in [-0.4, -0.2) is 22.7 Å². The molecule has 0 radical (unpaired) electrons. The average Bonchev–Trinajstić information content (AvgIpc) is 3.08. The lowest BCUT2D eigenvalue weighted by molar-refractivity contribution is -0.115. The normalized spacial score (nSPS) is 15.8. The van der Waals surface area contributed by atoms with E-state index in [0.717, 1.165) is 10.4 Å². The van der Waals surface area contributed by atoms with Crippen LogP contribution in [0, 0.1) is 25.2 Å². The quantitative estimate of drug-likeness (QED) is 0.826. The fourth-order valence-corrected chi connectivity index (χ4v) is 4.31. The third kappa shape index (κ3) is 2.86. The minimum absolute atomic E-state index is 0.169. The molecule has 0 spiro atoms. The summed E-state index contributed by atoms with van der Waals surface area (Å²) in [5, 5.41) is 10.3. The second kappa shape index (κ2) is 6.59. The van der Waals surface area contributed by atoms with Gasteiger partial charge in [0, 0.05) is 10.4 Å². The first-order chi connectivity index (χ1) is 11.5. The van der Waals surface area contributed by atoms with Crippen LogP contribution in [0.2, 0.25) is 0 Å². The predicted octanol–water partition coefficient (Wildman–Crippen LogP) is 3.51. The van der Waals surface area contributed by atoms with E-state index >= 15 is 0 Å². The number of aryl methyl sites for hydroxylation is 1. The van der Waals surface area contributed by atoms with Crippen molar-refractivity contribution in [1.82, 2.24) is 0 Å². The first-order valence-corrected chi connectivity index (χ1v) is 8.97. The maximum Gasteiger partial charge on any atom is 0.279 e. The molecule has 2 heterocycles. The molecule has 1 fully saturated rings. The summed E-state index contributed by atoms with van der Waals surface area (Å²) >= 11 is 2.58. The van der Waals surface area contributed by atoms with E-state index in [1.165, 1.54) is 28.0 Å². The summed E-state index contributed by atoms with van der Waals surface area (Å²) in [7, 11) is 0. The number of aliphatic imine (C=N–C) groups is 1. The summed E-state index contributed by atoms with van der Waals surface area (Å²) < 4.78 is 0. The molecule has 7 heteroatoms. The van der Waals surface area contributed by atoms with Crippen LogP contribution in [0.4, 0.5) is 5.00 Å². The standard InChI is InChI=1S/C17H13N3O2S2/c1-10-11(2)24-16(13(10)8-18)20-14(21)9-23-17(20)19-15(22)12-6-4-3-5-7-12/h3-7H,9H2,1-2H3. The molecule has 1 aliphatic rings. The van der Waals surface area contributed by atoms with Gasteiger partial charge in [0.25, 0.3) is 5.91 Å². The predicted molar refractivity (Wildman–Crippen MR) is 96.7 cm³/mol. The monoisotopic (exact) mass is 355 g/mol. The van der Waals surface area contributed by atoms with Crippen molar-refractivity contribution in [2.24, 2.45) is 4.99 Å². The zero-order valence-corrected chi connectivity index (χ0v) is 14.7. The number of thiophene rings is 1. The lowest BCUT2D eigenvalue weighted by Crippen LogP contribution is -2.29. The van der Waals surface area contributed by atoms with Gasteiger partial charge in [-0.15, -0.1) is 11.3 Å². The van der Waals surface area contributed by atoms with Crippen LogP contribution < -0.4 is 4.90 Å². The van der Waals surface area contributed by atoms with Crippen LogP contribution in [0.1, 0.15) is 26.4 Å². The van der Waals surface area contributed by atoms with E-state index in [1.807, 2.05) is 19.9 Å². The first kappa shape index (κ1) is 16.4. The Bertz CT molecular complexity index is 895. The number of hydrogen-bond acceptors (Lipinski definition) is 5. The third-order valence-corrected chi connectivity index (χ3v) is 5.78. The molecule has 1 aromatic heterocycles. The van der Waals surface area contributed by atoms with Gasteiger partial charge >= 0.3 is 0 Å². The second-order valence-corrected chi connectivity index (χ2v) is 7.30. The SMILES string of the molecule is Cc1sc(N2C(=O)CSC2=NC(=O)c2ccccc2)c(C#N)c1C. The van der Waals surface area contributed by atoms with Gasteiger partial charge < -0.3 is 0 Å². The minimum Gasteiger partial charge on any atom is -0.273 e. The van der Waals surface area contributed by atoms with Crippen molar-refractivity contribution in [3.8, 4) is 6.07 Å². The number of carbonyl (C=O) groups is 2. The molecule has 24 heavy (non-hydrogen) atoms. The highest BCUT2D eigenvalue weighted by Gasteiger charge is 2.34. The Kier molecular flexibility index (Phi) is 4.51. The molecule has 0 saturated carbocycles. The molecule has 1 aliphatic heterocycles. The Balaban J connectivity index is 2.02. The van der Waals surface area contributed by atoms with Gasteiger partial charge in [0.05, 0.1) is 11.3 Å². The van der Waals surface area contributed by atoms with Crippen molar-refractivity contribution >= 4 is 45.1 Å². The number of nitriles is 1. The van der Waals surface area contributed by atoms with Crippen LogP contribution in [-0.2, 0) is 4.79 Å². The minimum atomic E-state index is -0.402. The van der Waals surface area contributed by atoms with Gasteiger partial charge in [-0.2, -0.15) is 10.3 Å². The molecule has 3 rings (SSSR count). The number of hydrogen-bond donors (Lipinski definition) is 0. The highest BCUT2D eigenvalue weighted by atomic mass is 32.2. The van der Waals surface area contributed by atoms with E-state index in [-0.39, 0.29) is 11.7 Å². The molecule has 0 unspecified atom stereocenters. The third-order valence-electron chi connectivity index (χ3n) is 3.66. The largest absolute Gasteiger partial charge is 0.279 e. The number of amides is 2. The number of thioether (sulfide) groups is 1. The van der Waals surface area contributed by atoms with Gasteiger partial charge in [0.15, 0.2) is 5.17 Å². The Morgan fingerprint density at radius 1 is 1.29 bits per heavy atom. The molecule has 5 nitrogen and oxygen atoms in total. The fraction of sp³-hybridized carbons (Fsp3) is 0.176. The fourth-order valence-electron chi connectivity index (χ4n) is 2.27. The Morgan fingerprint density at radius 3 is 2.67 bits per heavy atom. The highest BCUT2D eigenvalue weighted by Crippen LogP contribution is 2.38. The number of nitrogens with zero attached hydrogens (tertiary/aromatic N) is 3. The van der Waals surface area contributed by atoms with Gasteiger partial charge in [-0.1, -0.05) is 30.0 Å². The number of amidine groups is 1. The summed E-state index contributed by atoms with van der Waals surface area (Å²) in [6, 6.07) is 10.9. The molecule has 0 atom stereocenters. The van der Waals surface area contributed by atoms with Gasteiger partial charge in [0.1, 0.15) is 11.1 Å². The van der Waals surface area contributed by atoms with Crippen molar-refractivity contribution in [2.45, 2.75) is 13.8 Å². The zero-order chi connectivity index (χ0) is 17.3. The van der Waals surface area contributed by atoms with E-state index in [0.29, 0.717) is 21.3 Å². The molecule has 1 aromatic carbocycles. The summed E-state index contributed by atoms with van der Waals surface area (Å²) in [5.41, 5.74) is 1.79.